The minimum atomic E-state index is -1.09. The molecule has 0 radical (unpaired) electrons. The molecule has 0 spiro atoms. The van der Waals surface area contributed by atoms with Gasteiger partial charge in [-0.3, -0.25) is 0 Å². The average Bonchev–Trinajstić information content (AvgIpc) is 3.05. The van der Waals surface area contributed by atoms with Crippen LogP contribution in [0.1, 0.15) is 76.6 Å². The third kappa shape index (κ3) is 11.4. The molecule has 2 saturated heterocycles. The van der Waals surface area contributed by atoms with Crippen molar-refractivity contribution in [3.63, 3.8) is 0 Å². The largest absolute Gasteiger partial charge is 0.444 e. The van der Waals surface area contributed by atoms with Crippen molar-refractivity contribution in [3.05, 3.63) is 70.8 Å². The fourth-order valence-electron chi connectivity index (χ4n) is 6.80. The monoisotopic (exact) mass is 718 g/mol. The zero-order chi connectivity index (χ0) is 39.1. The van der Waals surface area contributed by atoms with Crippen LogP contribution in [0.3, 0.4) is 0 Å². The van der Waals surface area contributed by atoms with E-state index in [1.54, 1.807) is 46.2 Å². The molecule has 52 heavy (non-hydrogen) atoms. The molecule has 0 bridgehead atoms. The number of hydrogen-bond donors (Lipinski definition) is 2. The highest BCUT2D eigenvalue weighted by molar-refractivity contribution is 5.69. The van der Waals surface area contributed by atoms with Crippen molar-refractivity contribution in [1.29, 1.82) is 10.5 Å². The molecule has 2 aliphatic rings. The van der Waals surface area contributed by atoms with E-state index >= 15 is 0 Å². The molecule has 0 unspecified atom stereocenters. The highest BCUT2D eigenvalue weighted by atomic mass is 16.6. The van der Waals surface area contributed by atoms with Gasteiger partial charge in [0.15, 0.2) is 0 Å². The summed E-state index contributed by atoms with van der Waals surface area (Å²) in [5, 5.41) is 41.3. The van der Waals surface area contributed by atoms with E-state index in [0.29, 0.717) is 63.2 Å². The smallest absolute Gasteiger partial charge is 0.410 e. The lowest BCUT2D eigenvalue weighted by Gasteiger charge is -2.46. The van der Waals surface area contributed by atoms with Crippen LogP contribution in [0.2, 0.25) is 0 Å². The Hall–Kier alpha value is -4.20. The van der Waals surface area contributed by atoms with Gasteiger partial charge in [-0.2, -0.15) is 10.5 Å². The molecule has 2 N–H and O–H groups in total. The Labute approximate surface area is 310 Å². The van der Waals surface area contributed by atoms with E-state index in [9.17, 15) is 19.8 Å². The zero-order valence-corrected chi connectivity index (χ0v) is 32.6. The van der Waals surface area contributed by atoms with E-state index in [1.165, 1.54) is 0 Å². The second-order valence-corrected chi connectivity index (χ2v) is 16.5. The number of hydrogen-bond acceptors (Lipinski definition) is 10. The van der Waals surface area contributed by atoms with Gasteiger partial charge in [0, 0.05) is 51.1 Å². The standard InChI is InChI=1S/2C20H29N3O3/c2*1-19(2,3)26-18(24)23-10-9-20(25,17(14-23)13-22(4)5)16-8-6-7-15(11-16)12-21/h2*6-8,11,17,25H,9-10,13-14H2,1-5H3/t2*17-,20-/m10/s1. The number of nitrogens with zero attached hydrogens (tertiary/aromatic N) is 6. The van der Waals surface area contributed by atoms with Gasteiger partial charge in [0.1, 0.15) is 11.2 Å². The van der Waals surface area contributed by atoms with Gasteiger partial charge in [0.25, 0.3) is 0 Å². The Balaban J connectivity index is 0.000000280. The van der Waals surface area contributed by atoms with Gasteiger partial charge in [-0.1, -0.05) is 24.3 Å². The Morgan fingerprint density at radius 2 is 1.08 bits per heavy atom. The number of amides is 2. The maximum absolute atomic E-state index is 12.5. The SMILES string of the molecule is CN(C)C[C@@H]1CN(C(=O)OC(C)(C)C)CC[C@@]1(O)c1cccc(C#N)c1.CN(C)C[C@H]1CN(C(=O)OC(C)(C)C)CC[C@]1(O)c1cccc(C#N)c1. The number of piperidine rings is 2. The van der Waals surface area contributed by atoms with E-state index in [1.807, 2.05) is 91.7 Å². The van der Waals surface area contributed by atoms with Gasteiger partial charge < -0.3 is 39.3 Å². The summed E-state index contributed by atoms with van der Waals surface area (Å²) in [6.07, 6.45) is 0.0994. The summed E-state index contributed by atoms with van der Waals surface area (Å²) in [5.41, 5.74) is -0.778. The lowest BCUT2D eigenvalue weighted by atomic mass is 9.75. The maximum Gasteiger partial charge on any atom is 0.410 e. The van der Waals surface area contributed by atoms with Crippen LogP contribution in [0.15, 0.2) is 48.5 Å². The third-order valence-corrected chi connectivity index (χ3v) is 9.22. The summed E-state index contributed by atoms with van der Waals surface area (Å²) in [6.45, 7) is 13.9. The molecular formula is C40H58N6O6. The molecule has 0 aliphatic carbocycles. The average molecular weight is 719 g/mol. The number of carbonyl (C=O) groups excluding carboxylic acids is 2. The minimum Gasteiger partial charge on any atom is -0.444 e. The number of benzene rings is 2. The lowest BCUT2D eigenvalue weighted by molar-refractivity contribution is -0.0860. The van der Waals surface area contributed by atoms with Gasteiger partial charge in [-0.05, 0) is 118 Å². The third-order valence-electron chi connectivity index (χ3n) is 9.22. The van der Waals surface area contributed by atoms with Crippen LogP contribution in [-0.2, 0) is 20.7 Å². The van der Waals surface area contributed by atoms with Gasteiger partial charge in [-0.15, -0.1) is 0 Å². The summed E-state index contributed by atoms with van der Waals surface area (Å²) in [4.78, 5) is 32.3. The molecule has 0 saturated carbocycles. The first-order valence-corrected chi connectivity index (χ1v) is 17.8. The van der Waals surface area contributed by atoms with Gasteiger partial charge in [0.2, 0.25) is 0 Å². The molecule has 12 heteroatoms. The first-order chi connectivity index (χ1) is 24.1. The van der Waals surface area contributed by atoms with Gasteiger partial charge >= 0.3 is 12.2 Å². The van der Waals surface area contributed by atoms with E-state index in [0.717, 1.165) is 11.1 Å². The van der Waals surface area contributed by atoms with Crippen molar-refractivity contribution in [1.82, 2.24) is 19.6 Å². The normalized spacial score (nSPS) is 23.6. The summed E-state index contributed by atoms with van der Waals surface area (Å²) >= 11 is 0. The van der Waals surface area contributed by atoms with E-state index in [2.05, 4.69) is 12.1 Å². The molecular weight excluding hydrogens is 660 g/mol. The van der Waals surface area contributed by atoms with E-state index < -0.39 is 22.4 Å². The highest BCUT2D eigenvalue weighted by Crippen LogP contribution is 2.40. The predicted molar refractivity (Wildman–Crippen MR) is 199 cm³/mol. The van der Waals surface area contributed by atoms with E-state index in [-0.39, 0.29) is 24.0 Å². The van der Waals surface area contributed by atoms with Crippen molar-refractivity contribution < 1.29 is 29.3 Å². The molecule has 2 heterocycles. The summed E-state index contributed by atoms with van der Waals surface area (Å²) in [5.74, 6) is -0.375. The van der Waals surface area contributed by atoms with Crippen LogP contribution in [0.4, 0.5) is 9.59 Å². The Morgan fingerprint density at radius 1 is 0.731 bits per heavy atom. The van der Waals surface area contributed by atoms with Crippen LogP contribution in [-0.4, -0.2) is 121 Å². The van der Waals surface area contributed by atoms with Crippen LogP contribution < -0.4 is 0 Å². The molecule has 2 amide bonds. The molecule has 284 valence electrons. The Kier molecular flexibility index (Phi) is 13.9. The predicted octanol–water partition coefficient (Wildman–Crippen LogP) is 5.13. The molecule has 0 aromatic heterocycles. The summed E-state index contributed by atoms with van der Waals surface area (Å²) < 4.78 is 11.0. The number of rotatable bonds is 6. The Bertz CT molecular complexity index is 1500. The molecule has 4 rings (SSSR count). The fourth-order valence-corrected chi connectivity index (χ4v) is 6.80. The maximum atomic E-state index is 12.5. The van der Waals surface area contributed by atoms with E-state index in [4.69, 9.17) is 20.0 Å². The van der Waals surface area contributed by atoms with Crippen LogP contribution in [0.25, 0.3) is 0 Å². The second-order valence-electron chi connectivity index (χ2n) is 16.5. The number of nitriles is 2. The molecule has 12 nitrogen and oxygen atoms in total. The van der Waals surface area contributed by atoms with Crippen LogP contribution in [0, 0.1) is 34.5 Å². The number of aliphatic hydroxyl groups is 2. The first-order valence-electron chi connectivity index (χ1n) is 17.8. The van der Waals surface area contributed by atoms with Crippen LogP contribution in [0.5, 0.6) is 0 Å². The first kappa shape index (κ1) is 42.2. The number of likely N-dealkylation sites (tertiary alicyclic amines) is 2. The molecule has 2 aliphatic heterocycles. The zero-order valence-electron chi connectivity index (χ0n) is 32.6. The molecule has 4 atom stereocenters. The summed E-state index contributed by atoms with van der Waals surface area (Å²) in [6, 6.07) is 18.5. The van der Waals surface area contributed by atoms with Crippen molar-refractivity contribution in [2.24, 2.45) is 11.8 Å². The second kappa shape index (κ2) is 17.1. The quantitative estimate of drug-likeness (QED) is 0.411. The molecule has 2 aromatic carbocycles. The number of ether oxygens (including phenoxy) is 2. The lowest BCUT2D eigenvalue weighted by Crippen LogP contribution is -2.55. The Morgan fingerprint density at radius 3 is 1.37 bits per heavy atom. The van der Waals surface area contributed by atoms with Crippen molar-refractivity contribution in [3.8, 4) is 12.1 Å². The van der Waals surface area contributed by atoms with Gasteiger partial charge in [-0.25, -0.2) is 9.59 Å². The van der Waals surface area contributed by atoms with Crippen LogP contribution >= 0.6 is 0 Å². The van der Waals surface area contributed by atoms with Crippen molar-refractivity contribution >= 4 is 12.2 Å². The van der Waals surface area contributed by atoms with Crippen molar-refractivity contribution in [2.75, 3.05) is 67.5 Å². The minimum absolute atomic E-state index is 0.187. The topological polar surface area (TPSA) is 154 Å². The van der Waals surface area contributed by atoms with Gasteiger partial charge in [0.05, 0.1) is 34.5 Å². The fraction of sp³-hybridized carbons (Fsp3) is 0.600. The van der Waals surface area contributed by atoms with Crippen molar-refractivity contribution in [2.45, 2.75) is 76.8 Å². The number of carbonyl (C=O) groups is 2. The molecule has 2 fully saturated rings. The highest BCUT2D eigenvalue weighted by Gasteiger charge is 2.46. The summed E-state index contributed by atoms with van der Waals surface area (Å²) in [7, 11) is 7.77. The molecule has 2 aromatic rings.